The maximum Gasteiger partial charge on any atom is 0.0723 e. The molecule has 1 aromatic rings. The van der Waals surface area contributed by atoms with Gasteiger partial charge < -0.3 is 5.11 Å². The lowest BCUT2D eigenvalue weighted by Crippen LogP contribution is -2.44. The minimum Gasteiger partial charge on any atom is -0.389 e. The Balaban J connectivity index is 2.12. The Morgan fingerprint density at radius 2 is 2.25 bits per heavy atom. The van der Waals surface area contributed by atoms with E-state index in [2.05, 4.69) is 41.9 Å². The lowest BCUT2D eigenvalue weighted by atomic mass is 9.69. The first-order valence-electron chi connectivity index (χ1n) is 5.98. The monoisotopic (exact) mass is 302 g/mol. The maximum atomic E-state index is 10.8. The molecule has 1 saturated carbocycles. The van der Waals surface area contributed by atoms with Crippen LogP contribution in [0.5, 0.6) is 0 Å². The Bertz CT molecular complexity index is 363. The zero-order valence-electron chi connectivity index (χ0n) is 9.87. The van der Waals surface area contributed by atoms with Gasteiger partial charge in [0.25, 0.3) is 0 Å². The van der Waals surface area contributed by atoms with Gasteiger partial charge in [-0.3, -0.25) is 0 Å². The van der Waals surface area contributed by atoms with E-state index in [1.54, 1.807) is 11.3 Å². The maximum absolute atomic E-state index is 10.8. The highest BCUT2D eigenvalue weighted by Crippen LogP contribution is 2.40. The van der Waals surface area contributed by atoms with Gasteiger partial charge in [0.15, 0.2) is 0 Å². The second kappa shape index (κ2) is 4.79. The topological polar surface area (TPSA) is 20.2 Å². The lowest BCUT2D eigenvalue weighted by molar-refractivity contribution is -0.0615. The van der Waals surface area contributed by atoms with Crippen LogP contribution in [0.25, 0.3) is 0 Å². The second-order valence-electron chi connectivity index (χ2n) is 5.14. The third-order valence-corrected chi connectivity index (χ3v) is 5.70. The van der Waals surface area contributed by atoms with Gasteiger partial charge in [-0.1, -0.05) is 26.7 Å². The molecular formula is C13H19BrOS. The number of rotatable bonds is 2. The molecule has 0 spiro atoms. The van der Waals surface area contributed by atoms with Gasteiger partial charge in [0.2, 0.25) is 0 Å². The quantitative estimate of drug-likeness (QED) is 0.866. The smallest absolute Gasteiger partial charge is 0.0723 e. The van der Waals surface area contributed by atoms with E-state index in [9.17, 15) is 5.11 Å². The minimum absolute atomic E-state index is 0.405. The number of halogens is 1. The number of hydrogen-bond acceptors (Lipinski definition) is 2. The van der Waals surface area contributed by atoms with Crippen LogP contribution in [0.1, 0.15) is 38.0 Å². The molecule has 1 aliphatic rings. The van der Waals surface area contributed by atoms with Crippen molar-refractivity contribution < 1.29 is 5.11 Å². The number of thiophene rings is 1. The molecule has 0 saturated heterocycles. The molecule has 1 N–H and O–H groups in total. The summed E-state index contributed by atoms with van der Waals surface area (Å²) in [5, 5.41) is 10.8. The van der Waals surface area contributed by atoms with Crippen molar-refractivity contribution in [3.05, 3.63) is 20.8 Å². The zero-order valence-corrected chi connectivity index (χ0v) is 12.3. The van der Waals surface area contributed by atoms with Crippen LogP contribution in [-0.4, -0.2) is 10.7 Å². The van der Waals surface area contributed by atoms with E-state index < -0.39 is 5.60 Å². The summed E-state index contributed by atoms with van der Waals surface area (Å²) in [5.41, 5.74) is -0.484. The molecule has 90 valence electrons. The first-order chi connectivity index (χ1) is 7.51. The molecule has 2 rings (SSSR count). The van der Waals surface area contributed by atoms with E-state index in [0.29, 0.717) is 11.8 Å². The van der Waals surface area contributed by atoms with Crippen LogP contribution in [0.15, 0.2) is 15.9 Å². The van der Waals surface area contributed by atoms with Crippen LogP contribution in [0.4, 0.5) is 0 Å². The normalized spacial score (nSPS) is 35.2. The molecule has 0 aromatic carbocycles. The standard InChI is InChI=1S/C13H19BrOS/c1-9-4-3-7-13(15,10(9)2)8-11-5-6-12(14)16-11/h5-6,9-10,15H,3-4,7-8H2,1-2H3. The molecular weight excluding hydrogens is 284 g/mol. The summed E-state index contributed by atoms with van der Waals surface area (Å²) < 4.78 is 1.16. The van der Waals surface area contributed by atoms with Gasteiger partial charge in [-0.05, 0) is 46.3 Å². The van der Waals surface area contributed by atoms with Gasteiger partial charge in [-0.15, -0.1) is 11.3 Å². The molecule has 1 heterocycles. The Hall–Kier alpha value is 0.140. The third-order valence-electron chi connectivity index (χ3n) is 4.08. The first kappa shape index (κ1) is 12.6. The molecule has 1 aromatic heterocycles. The van der Waals surface area contributed by atoms with Gasteiger partial charge in [0.1, 0.15) is 0 Å². The molecule has 1 nitrogen and oxygen atoms in total. The van der Waals surface area contributed by atoms with Crippen molar-refractivity contribution in [2.24, 2.45) is 11.8 Å². The van der Waals surface area contributed by atoms with Gasteiger partial charge in [-0.2, -0.15) is 0 Å². The highest BCUT2D eigenvalue weighted by atomic mass is 79.9. The molecule has 1 fully saturated rings. The van der Waals surface area contributed by atoms with Crippen LogP contribution in [0.3, 0.4) is 0 Å². The Kier molecular flexibility index (Phi) is 3.77. The lowest BCUT2D eigenvalue weighted by Gasteiger charge is -2.42. The fourth-order valence-electron chi connectivity index (χ4n) is 2.74. The van der Waals surface area contributed by atoms with Crippen molar-refractivity contribution in [3.63, 3.8) is 0 Å². The fraction of sp³-hybridized carbons (Fsp3) is 0.692. The summed E-state index contributed by atoms with van der Waals surface area (Å²) in [6.07, 6.45) is 4.19. The van der Waals surface area contributed by atoms with Gasteiger partial charge in [-0.25, -0.2) is 0 Å². The third kappa shape index (κ3) is 2.52. The van der Waals surface area contributed by atoms with Gasteiger partial charge >= 0.3 is 0 Å². The predicted molar refractivity (Wildman–Crippen MR) is 72.9 cm³/mol. The van der Waals surface area contributed by atoms with Crippen molar-refractivity contribution in [3.8, 4) is 0 Å². The van der Waals surface area contributed by atoms with Crippen LogP contribution in [0, 0.1) is 11.8 Å². The SMILES string of the molecule is CC1CCCC(O)(Cc2ccc(Br)s2)C1C. The molecule has 0 aliphatic heterocycles. The second-order valence-corrected chi connectivity index (χ2v) is 7.69. The van der Waals surface area contributed by atoms with Crippen LogP contribution in [0.2, 0.25) is 0 Å². The van der Waals surface area contributed by atoms with E-state index in [0.717, 1.165) is 23.0 Å². The number of hydrogen-bond donors (Lipinski definition) is 1. The van der Waals surface area contributed by atoms with Crippen molar-refractivity contribution in [2.45, 2.75) is 45.1 Å². The van der Waals surface area contributed by atoms with Crippen LogP contribution >= 0.6 is 27.3 Å². The average Bonchev–Trinajstić information content (AvgIpc) is 2.60. The molecule has 0 amide bonds. The Morgan fingerprint density at radius 1 is 1.50 bits per heavy atom. The van der Waals surface area contributed by atoms with Gasteiger partial charge in [0.05, 0.1) is 9.39 Å². The molecule has 1 aliphatic carbocycles. The predicted octanol–water partition coefficient (Wildman–Crippen LogP) is 4.24. The van der Waals surface area contributed by atoms with Crippen molar-refractivity contribution in [1.82, 2.24) is 0 Å². The highest BCUT2D eigenvalue weighted by molar-refractivity contribution is 9.11. The fourth-order valence-corrected chi connectivity index (χ4v) is 4.34. The molecule has 3 atom stereocenters. The van der Waals surface area contributed by atoms with Crippen molar-refractivity contribution >= 4 is 27.3 Å². The minimum atomic E-state index is -0.484. The van der Waals surface area contributed by atoms with Crippen molar-refractivity contribution in [1.29, 1.82) is 0 Å². The van der Waals surface area contributed by atoms with E-state index in [1.165, 1.54) is 11.3 Å². The Labute approximate surface area is 110 Å². The van der Waals surface area contributed by atoms with Crippen LogP contribution in [-0.2, 0) is 6.42 Å². The molecule has 0 radical (unpaired) electrons. The van der Waals surface area contributed by atoms with Gasteiger partial charge in [0, 0.05) is 11.3 Å². The Morgan fingerprint density at radius 3 is 2.88 bits per heavy atom. The summed E-state index contributed by atoms with van der Waals surface area (Å²) in [6.45, 7) is 4.46. The van der Waals surface area contributed by atoms with Crippen molar-refractivity contribution in [2.75, 3.05) is 0 Å². The largest absolute Gasteiger partial charge is 0.389 e. The summed E-state index contributed by atoms with van der Waals surface area (Å²) in [5.74, 6) is 1.05. The first-order valence-corrected chi connectivity index (χ1v) is 7.59. The summed E-state index contributed by atoms with van der Waals surface area (Å²) in [6, 6.07) is 4.19. The number of aliphatic hydroxyl groups is 1. The highest BCUT2D eigenvalue weighted by Gasteiger charge is 2.39. The summed E-state index contributed by atoms with van der Waals surface area (Å²) >= 11 is 5.22. The van der Waals surface area contributed by atoms with E-state index in [4.69, 9.17) is 0 Å². The summed E-state index contributed by atoms with van der Waals surface area (Å²) in [4.78, 5) is 1.29. The van der Waals surface area contributed by atoms with E-state index in [-0.39, 0.29) is 0 Å². The summed E-state index contributed by atoms with van der Waals surface area (Å²) in [7, 11) is 0. The molecule has 0 bridgehead atoms. The average molecular weight is 303 g/mol. The molecule has 3 heteroatoms. The molecule has 3 unspecified atom stereocenters. The zero-order chi connectivity index (χ0) is 11.8. The molecule has 16 heavy (non-hydrogen) atoms. The van der Waals surface area contributed by atoms with E-state index >= 15 is 0 Å². The van der Waals surface area contributed by atoms with E-state index in [1.807, 2.05) is 0 Å². The van der Waals surface area contributed by atoms with Crippen LogP contribution < -0.4 is 0 Å².